The molecule has 0 saturated carbocycles. The number of aliphatic imine (C=N–C) groups is 1. The van der Waals surface area contributed by atoms with Crippen LogP contribution >= 0.6 is 11.3 Å². The summed E-state index contributed by atoms with van der Waals surface area (Å²) in [5.41, 5.74) is 9.86. The van der Waals surface area contributed by atoms with Crippen LogP contribution < -0.4 is 26.6 Å². The van der Waals surface area contributed by atoms with Crippen molar-refractivity contribution >= 4 is 39.8 Å². The summed E-state index contributed by atoms with van der Waals surface area (Å²) in [5, 5.41) is 10.4. The van der Waals surface area contributed by atoms with Crippen molar-refractivity contribution in [2.75, 3.05) is 48.8 Å². The van der Waals surface area contributed by atoms with Gasteiger partial charge in [0, 0.05) is 50.8 Å². The van der Waals surface area contributed by atoms with E-state index in [9.17, 15) is 0 Å². The highest BCUT2D eigenvalue weighted by molar-refractivity contribution is 7.16. The monoisotopic (exact) mass is 397 g/mol. The number of aromatic nitrogens is 1. The van der Waals surface area contributed by atoms with Crippen molar-refractivity contribution in [1.29, 1.82) is 0 Å². The fourth-order valence-electron chi connectivity index (χ4n) is 2.93. The van der Waals surface area contributed by atoms with Crippen molar-refractivity contribution in [1.82, 2.24) is 10.3 Å². The number of aryl methyl sites for hydroxylation is 1. The lowest BCUT2D eigenvalue weighted by Crippen LogP contribution is -2.43. The molecule has 2 heterocycles. The number of hydrogen-bond acceptors (Lipinski definition) is 8. The first-order chi connectivity index (χ1) is 13.6. The van der Waals surface area contributed by atoms with Crippen LogP contribution in [0.3, 0.4) is 0 Å². The number of nitrogens with one attached hydrogen (secondary N) is 3. The molecule has 28 heavy (non-hydrogen) atoms. The minimum Gasteiger partial charge on any atom is -0.397 e. The summed E-state index contributed by atoms with van der Waals surface area (Å²) < 4.78 is 0. The second-order valence-electron chi connectivity index (χ2n) is 6.44. The Kier molecular flexibility index (Phi) is 6.67. The fraction of sp³-hybridized carbons (Fsp3) is 0.300. The van der Waals surface area contributed by atoms with Crippen LogP contribution in [-0.2, 0) is 0 Å². The smallest absolute Gasteiger partial charge is 0.183 e. The van der Waals surface area contributed by atoms with Gasteiger partial charge in [-0.15, -0.1) is 0 Å². The van der Waals surface area contributed by atoms with E-state index < -0.39 is 0 Å². The molecule has 148 valence electrons. The molecule has 0 atom stereocenters. The lowest BCUT2D eigenvalue weighted by atomic mass is 10.2. The summed E-state index contributed by atoms with van der Waals surface area (Å²) in [4.78, 5) is 12.0. The van der Waals surface area contributed by atoms with Crippen LogP contribution in [0, 0.1) is 6.92 Å². The van der Waals surface area contributed by atoms with Crippen LogP contribution in [0.5, 0.6) is 0 Å². The maximum atomic E-state index is 6.14. The zero-order valence-electron chi connectivity index (χ0n) is 16.3. The van der Waals surface area contributed by atoms with Gasteiger partial charge in [-0.1, -0.05) is 17.9 Å². The van der Waals surface area contributed by atoms with Gasteiger partial charge in [-0.05, 0) is 37.3 Å². The molecular formula is C20H27N7S. The molecule has 0 bridgehead atoms. The van der Waals surface area contributed by atoms with Crippen LogP contribution in [0.2, 0.25) is 0 Å². The van der Waals surface area contributed by atoms with Gasteiger partial charge in [0.15, 0.2) is 5.13 Å². The van der Waals surface area contributed by atoms with Crippen molar-refractivity contribution in [2.24, 2.45) is 10.7 Å². The zero-order chi connectivity index (χ0) is 19.9. The maximum Gasteiger partial charge on any atom is 0.183 e. The first kappa shape index (κ1) is 19.9. The zero-order valence-corrected chi connectivity index (χ0v) is 17.1. The largest absolute Gasteiger partial charge is 0.397 e. The molecular weight excluding hydrogens is 370 g/mol. The van der Waals surface area contributed by atoms with Gasteiger partial charge in [0.2, 0.25) is 0 Å². The number of nitrogens with two attached hydrogens (primary N) is 1. The standard InChI is InChI=1S/C20H27N7S/c1-14-19(28-20(22-3)25-14)18(21)8-9-24-15(2)26-16-4-6-17(7-5-16)27-12-10-23-11-13-27/h4-9,23,26H,2,10-13,21H2,1,3H3,(H,22,25)/b18-8-,24-9?. The predicted octanol–water partition coefficient (Wildman–Crippen LogP) is 2.86. The third-order valence-electron chi connectivity index (χ3n) is 4.40. The third kappa shape index (κ3) is 5.11. The van der Waals surface area contributed by atoms with Gasteiger partial charge in [-0.3, -0.25) is 0 Å². The van der Waals surface area contributed by atoms with Gasteiger partial charge in [-0.25, -0.2) is 9.98 Å². The molecule has 3 rings (SSSR count). The van der Waals surface area contributed by atoms with Crippen LogP contribution in [0.1, 0.15) is 10.6 Å². The fourth-order valence-corrected chi connectivity index (χ4v) is 3.79. The molecule has 0 spiro atoms. The third-order valence-corrected chi connectivity index (χ3v) is 5.62. The molecule has 0 unspecified atom stereocenters. The molecule has 0 radical (unpaired) electrons. The van der Waals surface area contributed by atoms with Crippen molar-refractivity contribution in [3.8, 4) is 0 Å². The number of hydrogen-bond donors (Lipinski definition) is 4. The number of nitrogens with zero attached hydrogens (tertiary/aromatic N) is 3. The Morgan fingerprint density at radius 1 is 1.32 bits per heavy atom. The van der Waals surface area contributed by atoms with Crippen LogP contribution in [0.4, 0.5) is 16.5 Å². The molecule has 5 N–H and O–H groups in total. The van der Waals surface area contributed by atoms with Crippen molar-refractivity contribution < 1.29 is 0 Å². The highest BCUT2D eigenvalue weighted by Gasteiger charge is 2.10. The minimum atomic E-state index is 0.552. The molecule has 1 aromatic heterocycles. The van der Waals surface area contributed by atoms with E-state index >= 15 is 0 Å². The molecule has 1 aliphatic heterocycles. The summed E-state index contributed by atoms with van der Waals surface area (Å²) in [6.07, 6.45) is 3.41. The van der Waals surface area contributed by atoms with Gasteiger partial charge in [0.25, 0.3) is 0 Å². The molecule has 0 amide bonds. The lowest BCUT2D eigenvalue weighted by molar-refractivity contribution is 0.589. The Morgan fingerprint density at radius 2 is 2.04 bits per heavy atom. The molecule has 7 nitrogen and oxygen atoms in total. The molecule has 1 fully saturated rings. The van der Waals surface area contributed by atoms with E-state index in [2.05, 4.69) is 49.5 Å². The summed E-state index contributed by atoms with van der Waals surface area (Å²) in [7, 11) is 1.84. The molecule has 2 aromatic rings. The van der Waals surface area contributed by atoms with Crippen LogP contribution in [-0.4, -0.2) is 44.4 Å². The summed E-state index contributed by atoms with van der Waals surface area (Å²) in [6, 6.07) is 8.33. The number of piperazine rings is 1. The number of thiazole rings is 1. The molecule has 1 aliphatic rings. The minimum absolute atomic E-state index is 0.552. The van der Waals surface area contributed by atoms with Gasteiger partial charge in [0.1, 0.15) is 5.82 Å². The Morgan fingerprint density at radius 3 is 2.68 bits per heavy atom. The lowest BCUT2D eigenvalue weighted by Gasteiger charge is -2.29. The quantitative estimate of drug-likeness (QED) is 0.537. The topological polar surface area (TPSA) is 90.6 Å². The number of allylic oxidation sites excluding steroid dienone is 1. The molecule has 0 aliphatic carbocycles. The van der Waals surface area contributed by atoms with Gasteiger partial charge in [-0.2, -0.15) is 0 Å². The highest BCUT2D eigenvalue weighted by atomic mass is 32.1. The second kappa shape index (κ2) is 9.38. The van der Waals surface area contributed by atoms with Crippen molar-refractivity contribution in [3.05, 3.63) is 53.3 Å². The average Bonchev–Trinajstić information content (AvgIpc) is 3.10. The Bertz CT molecular complexity index is 861. The Hall–Kier alpha value is -2.84. The van der Waals surface area contributed by atoms with Crippen LogP contribution in [0.15, 0.2) is 47.7 Å². The normalized spacial score (nSPS) is 15.1. The van der Waals surface area contributed by atoms with E-state index in [1.165, 1.54) is 17.0 Å². The molecule has 1 saturated heterocycles. The van der Waals surface area contributed by atoms with Gasteiger partial charge >= 0.3 is 0 Å². The maximum absolute atomic E-state index is 6.14. The van der Waals surface area contributed by atoms with Crippen molar-refractivity contribution in [2.45, 2.75) is 6.92 Å². The average molecular weight is 398 g/mol. The van der Waals surface area contributed by atoms with E-state index in [1.807, 2.05) is 26.1 Å². The first-order valence-corrected chi connectivity index (χ1v) is 10.1. The van der Waals surface area contributed by atoms with Gasteiger partial charge in [0.05, 0.1) is 16.3 Å². The summed E-state index contributed by atoms with van der Waals surface area (Å²) >= 11 is 1.52. The second-order valence-corrected chi connectivity index (χ2v) is 7.44. The van der Waals surface area contributed by atoms with E-state index in [1.54, 1.807) is 12.3 Å². The number of benzene rings is 1. The highest BCUT2D eigenvalue weighted by Crippen LogP contribution is 2.26. The van der Waals surface area contributed by atoms with E-state index in [0.29, 0.717) is 11.5 Å². The van der Waals surface area contributed by atoms with E-state index in [4.69, 9.17) is 5.73 Å². The first-order valence-electron chi connectivity index (χ1n) is 9.24. The van der Waals surface area contributed by atoms with E-state index in [-0.39, 0.29) is 0 Å². The molecule has 1 aromatic carbocycles. The summed E-state index contributed by atoms with van der Waals surface area (Å²) in [6.45, 7) is 10.0. The SMILES string of the molecule is C=C(N=C/C=C(\N)c1sc(NC)nc1C)Nc1ccc(N2CCNCC2)cc1. The Balaban J connectivity index is 1.56. The van der Waals surface area contributed by atoms with Crippen LogP contribution in [0.25, 0.3) is 5.70 Å². The number of rotatable bonds is 7. The molecule has 8 heteroatoms. The Labute approximate surface area is 170 Å². The predicted molar refractivity (Wildman–Crippen MR) is 121 cm³/mol. The van der Waals surface area contributed by atoms with Gasteiger partial charge < -0.3 is 26.6 Å². The summed E-state index contributed by atoms with van der Waals surface area (Å²) in [5.74, 6) is 0.552. The number of anilines is 3. The van der Waals surface area contributed by atoms with E-state index in [0.717, 1.165) is 47.6 Å². The van der Waals surface area contributed by atoms with Crippen molar-refractivity contribution in [3.63, 3.8) is 0 Å².